The molecule has 2 aromatic carbocycles. The first-order valence-electron chi connectivity index (χ1n) is 10.4. The van der Waals surface area contributed by atoms with Gasteiger partial charge in [0, 0.05) is 0 Å². The van der Waals surface area contributed by atoms with E-state index in [4.69, 9.17) is 0 Å². The summed E-state index contributed by atoms with van der Waals surface area (Å²) in [5, 5.41) is 0. The molecule has 0 spiro atoms. The maximum atomic E-state index is 2.45. The van der Waals surface area contributed by atoms with Gasteiger partial charge in [0.25, 0.3) is 0 Å². The van der Waals surface area contributed by atoms with Crippen molar-refractivity contribution < 1.29 is 0 Å². The molecule has 0 N–H and O–H groups in total. The molecule has 0 heteroatoms. The molecule has 0 aromatic heterocycles. The SMILES string of the molecule is CCc1ccc(-c2ccc(C3CCC4CC(C)CCC4C3)cc2)cc1. The van der Waals surface area contributed by atoms with Crippen LogP contribution < -0.4 is 0 Å². The van der Waals surface area contributed by atoms with Gasteiger partial charge in [0.05, 0.1) is 0 Å². The number of aryl methyl sites for hydroxylation is 1. The van der Waals surface area contributed by atoms with Gasteiger partial charge in [0.15, 0.2) is 0 Å². The number of rotatable bonds is 3. The summed E-state index contributed by atoms with van der Waals surface area (Å²) in [5.74, 6) is 3.79. The minimum Gasteiger partial charge on any atom is -0.0625 e. The van der Waals surface area contributed by atoms with Gasteiger partial charge < -0.3 is 0 Å². The monoisotopic (exact) mass is 332 g/mol. The molecule has 25 heavy (non-hydrogen) atoms. The molecule has 4 atom stereocenters. The molecule has 4 unspecified atom stereocenters. The molecule has 0 heterocycles. The van der Waals surface area contributed by atoms with Crippen LogP contribution in [-0.4, -0.2) is 0 Å². The topological polar surface area (TPSA) is 0 Å². The van der Waals surface area contributed by atoms with E-state index in [1.165, 1.54) is 55.2 Å². The molecule has 2 fully saturated rings. The second kappa shape index (κ2) is 7.36. The van der Waals surface area contributed by atoms with Crippen LogP contribution in [0.4, 0.5) is 0 Å². The van der Waals surface area contributed by atoms with Crippen LogP contribution in [0.2, 0.25) is 0 Å². The van der Waals surface area contributed by atoms with Gasteiger partial charge in [-0.25, -0.2) is 0 Å². The van der Waals surface area contributed by atoms with E-state index < -0.39 is 0 Å². The molecule has 0 saturated heterocycles. The van der Waals surface area contributed by atoms with Crippen molar-refractivity contribution in [1.82, 2.24) is 0 Å². The van der Waals surface area contributed by atoms with Gasteiger partial charge in [0.1, 0.15) is 0 Å². The van der Waals surface area contributed by atoms with Crippen molar-refractivity contribution in [3.8, 4) is 11.1 Å². The largest absolute Gasteiger partial charge is 0.0625 e. The van der Waals surface area contributed by atoms with Crippen molar-refractivity contribution in [2.24, 2.45) is 17.8 Å². The van der Waals surface area contributed by atoms with Crippen molar-refractivity contribution in [1.29, 1.82) is 0 Å². The van der Waals surface area contributed by atoms with Crippen LogP contribution in [-0.2, 0) is 6.42 Å². The van der Waals surface area contributed by atoms with Gasteiger partial charge in [0.2, 0.25) is 0 Å². The summed E-state index contributed by atoms with van der Waals surface area (Å²) in [4.78, 5) is 0. The van der Waals surface area contributed by atoms with Gasteiger partial charge in [-0.1, -0.05) is 68.8 Å². The van der Waals surface area contributed by atoms with E-state index in [0.29, 0.717) is 0 Å². The Bertz CT molecular complexity index is 679. The average molecular weight is 333 g/mol. The second-order valence-electron chi connectivity index (χ2n) is 8.62. The zero-order valence-corrected chi connectivity index (χ0v) is 15.9. The third-order valence-corrected chi connectivity index (χ3v) is 6.95. The van der Waals surface area contributed by atoms with Crippen molar-refractivity contribution in [3.05, 3.63) is 59.7 Å². The molecular weight excluding hydrogens is 300 g/mol. The molecule has 4 rings (SSSR count). The first-order chi connectivity index (χ1) is 12.2. The fourth-order valence-electron chi connectivity index (χ4n) is 5.31. The van der Waals surface area contributed by atoms with E-state index in [1.54, 1.807) is 5.56 Å². The molecule has 2 aliphatic carbocycles. The van der Waals surface area contributed by atoms with Crippen molar-refractivity contribution in [2.75, 3.05) is 0 Å². The molecule has 2 aromatic rings. The smallest absolute Gasteiger partial charge is 0.0159 e. The Morgan fingerprint density at radius 1 is 0.720 bits per heavy atom. The van der Waals surface area contributed by atoms with Crippen LogP contribution in [0.25, 0.3) is 11.1 Å². The highest BCUT2D eigenvalue weighted by molar-refractivity contribution is 5.64. The van der Waals surface area contributed by atoms with E-state index in [-0.39, 0.29) is 0 Å². The van der Waals surface area contributed by atoms with E-state index in [0.717, 1.165) is 30.1 Å². The lowest BCUT2D eigenvalue weighted by molar-refractivity contribution is 0.124. The highest BCUT2D eigenvalue weighted by Gasteiger charge is 2.34. The Labute approximate surface area is 153 Å². The highest BCUT2D eigenvalue weighted by atomic mass is 14.4. The lowest BCUT2D eigenvalue weighted by Crippen LogP contribution is -2.29. The van der Waals surface area contributed by atoms with Crippen LogP contribution in [0.3, 0.4) is 0 Å². The normalized spacial score (nSPS) is 29.2. The molecule has 0 radical (unpaired) electrons. The molecule has 0 aliphatic heterocycles. The quantitative estimate of drug-likeness (QED) is 0.556. The Kier molecular flexibility index (Phi) is 4.97. The summed E-state index contributed by atoms with van der Waals surface area (Å²) in [6.45, 7) is 4.67. The molecule has 0 bridgehead atoms. The first kappa shape index (κ1) is 16.9. The van der Waals surface area contributed by atoms with E-state index >= 15 is 0 Å². The highest BCUT2D eigenvalue weighted by Crippen LogP contribution is 2.47. The Balaban J connectivity index is 1.45. The molecule has 2 aliphatic rings. The maximum Gasteiger partial charge on any atom is -0.0159 e. The van der Waals surface area contributed by atoms with Crippen molar-refractivity contribution in [3.63, 3.8) is 0 Å². The van der Waals surface area contributed by atoms with Crippen LogP contribution in [0, 0.1) is 17.8 Å². The summed E-state index contributed by atoms with van der Waals surface area (Å²) in [7, 11) is 0. The molecular formula is C25H32. The minimum absolute atomic E-state index is 0.797. The summed E-state index contributed by atoms with van der Waals surface area (Å²) in [6.07, 6.45) is 9.83. The number of hydrogen-bond donors (Lipinski definition) is 0. The lowest BCUT2D eigenvalue weighted by atomic mass is 9.64. The predicted molar refractivity (Wildman–Crippen MR) is 108 cm³/mol. The third kappa shape index (κ3) is 3.68. The molecule has 132 valence electrons. The van der Waals surface area contributed by atoms with Crippen LogP contribution in [0.15, 0.2) is 48.5 Å². The Morgan fingerprint density at radius 3 is 2.00 bits per heavy atom. The summed E-state index contributed by atoms with van der Waals surface area (Å²) in [5.41, 5.74) is 5.69. The molecule has 0 nitrogen and oxygen atoms in total. The summed E-state index contributed by atoms with van der Waals surface area (Å²) >= 11 is 0. The van der Waals surface area contributed by atoms with Crippen LogP contribution in [0.5, 0.6) is 0 Å². The fraction of sp³-hybridized carbons (Fsp3) is 0.520. The van der Waals surface area contributed by atoms with Gasteiger partial charge >= 0.3 is 0 Å². The van der Waals surface area contributed by atoms with Gasteiger partial charge in [-0.2, -0.15) is 0 Å². The summed E-state index contributed by atoms with van der Waals surface area (Å²) < 4.78 is 0. The second-order valence-corrected chi connectivity index (χ2v) is 8.62. The number of hydrogen-bond acceptors (Lipinski definition) is 0. The summed E-state index contributed by atoms with van der Waals surface area (Å²) in [6, 6.07) is 18.5. The van der Waals surface area contributed by atoms with E-state index in [9.17, 15) is 0 Å². The van der Waals surface area contributed by atoms with Gasteiger partial charge in [-0.05, 0) is 84.5 Å². The minimum atomic E-state index is 0.797. The van der Waals surface area contributed by atoms with E-state index in [1.807, 2.05) is 0 Å². The average Bonchev–Trinajstić information content (AvgIpc) is 2.68. The molecule has 0 amide bonds. The zero-order valence-electron chi connectivity index (χ0n) is 15.9. The maximum absolute atomic E-state index is 2.45. The van der Waals surface area contributed by atoms with E-state index in [2.05, 4.69) is 62.4 Å². The van der Waals surface area contributed by atoms with Gasteiger partial charge in [-0.3, -0.25) is 0 Å². The number of fused-ring (bicyclic) bond motifs is 1. The first-order valence-corrected chi connectivity index (χ1v) is 10.4. The van der Waals surface area contributed by atoms with Crippen LogP contribution >= 0.6 is 0 Å². The standard InChI is InChI=1S/C25H32/c1-3-19-5-8-20(9-6-19)21-10-12-22(13-11-21)24-15-14-23-16-18(2)4-7-25(23)17-24/h5-6,8-13,18,23-25H,3-4,7,14-17H2,1-2H3. The third-order valence-electron chi connectivity index (χ3n) is 6.95. The molecule has 2 saturated carbocycles. The predicted octanol–water partition coefficient (Wildman–Crippen LogP) is 7.24. The zero-order chi connectivity index (χ0) is 17.2. The van der Waals surface area contributed by atoms with Crippen LogP contribution in [0.1, 0.15) is 69.4 Å². The van der Waals surface area contributed by atoms with Gasteiger partial charge in [-0.15, -0.1) is 0 Å². The Hall–Kier alpha value is -1.56. The number of benzene rings is 2. The Morgan fingerprint density at radius 2 is 1.32 bits per heavy atom. The van der Waals surface area contributed by atoms with Crippen molar-refractivity contribution in [2.45, 2.75) is 64.7 Å². The van der Waals surface area contributed by atoms with Crippen molar-refractivity contribution >= 4 is 0 Å². The fourth-order valence-corrected chi connectivity index (χ4v) is 5.31. The lowest BCUT2D eigenvalue weighted by Gasteiger charge is -2.41.